The number of amides is 1. The minimum atomic E-state index is -0.230. The monoisotopic (exact) mass is 401 g/mol. The molecule has 1 amide bonds. The van der Waals surface area contributed by atoms with Gasteiger partial charge in [0, 0.05) is 0 Å². The first-order valence-electron chi connectivity index (χ1n) is 9.87. The maximum atomic E-state index is 13.1. The summed E-state index contributed by atoms with van der Waals surface area (Å²) in [4.78, 5) is 13.1. The average molecular weight is 402 g/mol. The van der Waals surface area contributed by atoms with Crippen LogP contribution < -0.4 is 24.3 Å². The second-order valence-electron chi connectivity index (χ2n) is 6.83. The van der Waals surface area contributed by atoms with E-state index in [4.69, 9.17) is 18.9 Å². The number of hydrogen-bond acceptors (Lipinski definition) is 5. The molecule has 0 saturated carbocycles. The molecule has 1 N–H and O–H groups in total. The van der Waals surface area contributed by atoms with Crippen LogP contribution in [0.3, 0.4) is 0 Å². The molecule has 0 aliphatic carbocycles. The number of hydrogen-bond donors (Lipinski definition) is 1. The summed E-state index contributed by atoms with van der Waals surface area (Å²) in [6.07, 6.45) is 0. The number of carbonyl (C=O) groups excluding carboxylic acids is 1. The lowest BCUT2D eigenvalue weighted by Crippen LogP contribution is -2.32. The molecule has 2 aromatic rings. The number of methoxy groups -OCH3 is 2. The predicted molar refractivity (Wildman–Crippen MR) is 113 cm³/mol. The molecular weight excluding hydrogens is 370 g/mol. The van der Waals surface area contributed by atoms with Crippen molar-refractivity contribution in [3.05, 3.63) is 47.5 Å². The van der Waals surface area contributed by atoms with Crippen LogP contribution >= 0.6 is 0 Å². The summed E-state index contributed by atoms with van der Waals surface area (Å²) in [6, 6.07) is 10.7. The molecule has 0 heterocycles. The summed E-state index contributed by atoms with van der Waals surface area (Å²) in [5, 5.41) is 3.12. The molecule has 0 radical (unpaired) electrons. The molecule has 29 heavy (non-hydrogen) atoms. The Morgan fingerprint density at radius 2 is 1.55 bits per heavy atom. The van der Waals surface area contributed by atoms with E-state index < -0.39 is 0 Å². The fourth-order valence-corrected chi connectivity index (χ4v) is 3.11. The van der Waals surface area contributed by atoms with E-state index in [-0.39, 0.29) is 17.9 Å². The van der Waals surface area contributed by atoms with Crippen molar-refractivity contribution in [2.24, 2.45) is 5.92 Å². The number of nitrogens with one attached hydrogen (secondary N) is 1. The Kier molecular flexibility index (Phi) is 8.19. The Balaban J connectivity index is 2.35. The van der Waals surface area contributed by atoms with Gasteiger partial charge in [-0.3, -0.25) is 4.79 Å². The van der Waals surface area contributed by atoms with Gasteiger partial charge in [-0.15, -0.1) is 0 Å². The van der Waals surface area contributed by atoms with Gasteiger partial charge in [0.15, 0.2) is 11.5 Å². The van der Waals surface area contributed by atoms with Crippen LogP contribution in [0.2, 0.25) is 0 Å². The molecule has 0 aliphatic rings. The molecule has 6 heteroatoms. The van der Waals surface area contributed by atoms with E-state index in [2.05, 4.69) is 19.2 Å². The van der Waals surface area contributed by atoms with Crippen LogP contribution in [0.4, 0.5) is 0 Å². The first kappa shape index (κ1) is 22.4. The Labute approximate surface area is 173 Å². The average Bonchev–Trinajstić information content (AvgIpc) is 2.72. The zero-order valence-electron chi connectivity index (χ0n) is 18.1. The van der Waals surface area contributed by atoms with Gasteiger partial charge < -0.3 is 24.3 Å². The Hall–Kier alpha value is -2.89. The van der Waals surface area contributed by atoms with Crippen molar-refractivity contribution in [2.45, 2.75) is 33.7 Å². The van der Waals surface area contributed by atoms with E-state index in [0.29, 0.717) is 41.8 Å². The molecule has 0 bridgehead atoms. The Morgan fingerprint density at radius 3 is 2.14 bits per heavy atom. The van der Waals surface area contributed by atoms with Crippen LogP contribution in [-0.4, -0.2) is 33.3 Å². The minimum Gasteiger partial charge on any atom is -0.497 e. The molecule has 2 aromatic carbocycles. The van der Waals surface area contributed by atoms with Crippen LogP contribution in [0.15, 0.2) is 36.4 Å². The molecule has 2 rings (SSSR count). The van der Waals surface area contributed by atoms with Crippen LogP contribution in [-0.2, 0) is 0 Å². The minimum absolute atomic E-state index is 0.156. The molecular formula is C23H31NO5. The third-order valence-corrected chi connectivity index (χ3v) is 4.53. The number of carbonyl (C=O) groups is 1. The van der Waals surface area contributed by atoms with Crippen molar-refractivity contribution >= 4 is 5.91 Å². The third kappa shape index (κ3) is 5.56. The quantitative estimate of drug-likeness (QED) is 0.629. The summed E-state index contributed by atoms with van der Waals surface area (Å²) in [7, 11) is 3.11. The van der Waals surface area contributed by atoms with Crippen molar-refractivity contribution in [2.75, 3.05) is 27.4 Å². The highest BCUT2D eigenvalue weighted by molar-refractivity contribution is 5.97. The molecule has 1 atom stereocenters. The van der Waals surface area contributed by atoms with Crippen LogP contribution in [0.5, 0.6) is 23.0 Å². The van der Waals surface area contributed by atoms with Gasteiger partial charge in [-0.1, -0.05) is 19.9 Å². The standard InChI is InChI=1S/C23H31NO5/c1-7-28-20-11-9-16(13-21(20)29-8-2)22(15(3)4)24-23(25)18-14-17(26-5)10-12-19(18)27-6/h9-15,22H,7-8H2,1-6H3,(H,24,25). The Morgan fingerprint density at radius 1 is 0.897 bits per heavy atom. The van der Waals surface area contributed by atoms with Gasteiger partial charge in [-0.25, -0.2) is 0 Å². The van der Waals surface area contributed by atoms with Gasteiger partial charge in [-0.05, 0) is 55.7 Å². The Bertz CT molecular complexity index is 819. The second kappa shape index (κ2) is 10.6. The fourth-order valence-electron chi connectivity index (χ4n) is 3.11. The second-order valence-corrected chi connectivity index (χ2v) is 6.83. The first-order chi connectivity index (χ1) is 13.9. The van der Waals surface area contributed by atoms with Crippen LogP contribution in [0, 0.1) is 5.92 Å². The highest BCUT2D eigenvalue weighted by Gasteiger charge is 2.23. The van der Waals surface area contributed by atoms with E-state index in [1.807, 2.05) is 32.0 Å². The summed E-state index contributed by atoms with van der Waals surface area (Å²) < 4.78 is 22.0. The highest BCUT2D eigenvalue weighted by atomic mass is 16.5. The van der Waals surface area contributed by atoms with Crippen LogP contribution in [0.25, 0.3) is 0 Å². The maximum absolute atomic E-state index is 13.1. The molecule has 6 nitrogen and oxygen atoms in total. The molecule has 0 fully saturated rings. The van der Waals surface area contributed by atoms with E-state index in [9.17, 15) is 4.79 Å². The smallest absolute Gasteiger partial charge is 0.255 e. The number of ether oxygens (including phenoxy) is 4. The van der Waals surface area contributed by atoms with Crippen molar-refractivity contribution in [3.8, 4) is 23.0 Å². The molecule has 1 unspecified atom stereocenters. The van der Waals surface area contributed by atoms with Crippen molar-refractivity contribution < 1.29 is 23.7 Å². The SMILES string of the molecule is CCOc1ccc(C(NC(=O)c2cc(OC)ccc2OC)C(C)C)cc1OCC. The lowest BCUT2D eigenvalue weighted by Gasteiger charge is -2.24. The van der Waals surface area contributed by atoms with Gasteiger partial charge in [0.1, 0.15) is 11.5 Å². The number of rotatable bonds is 10. The van der Waals surface area contributed by atoms with Crippen molar-refractivity contribution in [3.63, 3.8) is 0 Å². The van der Waals surface area contributed by atoms with E-state index >= 15 is 0 Å². The zero-order valence-corrected chi connectivity index (χ0v) is 18.1. The lowest BCUT2D eigenvalue weighted by atomic mass is 9.95. The van der Waals surface area contributed by atoms with Gasteiger partial charge in [0.05, 0.1) is 39.0 Å². The fraction of sp³-hybridized carbons (Fsp3) is 0.435. The normalized spacial score (nSPS) is 11.7. The highest BCUT2D eigenvalue weighted by Crippen LogP contribution is 2.33. The topological polar surface area (TPSA) is 66.0 Å². The predicted octanol–water partition coefficient (Wildman–Crippen LogP) is 4.63. The van der Waals surface area contributed by atoms with Crippen molar-refractivity contribution in [1.29, 1.82) is 0 Å². The molecule has 0 saturated heterocycles. The third-order valence-electron chi connectivity index (χ3n) is 4.53. The molecule has 158 valence electrons. The van der Waals surface area contributed by atoms with Crippen molar-refractivity contribution in [1.82, 2.24) is 5.32 Å². The lowest BCUT2D eigenvalue weighted by molar-refractivity contribution is 0.0922. The van der Waals surface area contributed by atoms with E-state index in [1.165, 1.54) is 0 Å². The molecule has 0 aliphatic heterocycles. The van der Waals surface area contributed by atoms with Gasteiger partial charge >= 0.3 is 0 Å². The summed E-state index contributed by atoms with van der Waals surface area (Å²) in [5.74, 6) is 2.38. The van der Waals surface area contributed by atoms with E-state index in [0.717, 1.165) is 5.56 Å². The van der Waals surface area contributed by atoms with Gasteiger partial charge in [0.25, 0.3) is 5.91 Å². The summed E-state index contributed by atoms with van der Waals surface area (Å²) in [6.45, 7) is 9.07. The molecule has 0 spiro atoms. The largest absolute Gasteiger partial charge is 0.497 e. The van der Waals surface area contributed by atoms with Gasteiger partial charge in [0.2, 0.25) is 0 Å². The number of benzene rings is 2. The molecule has 0 aromatic heterocycles. The van der Waals surface area contributed by atoms with Gasteiger partial charge in [-0.2, -0.15) is 0 Å². The van der Waals surface area contributed by atoms with Crippen LogP contribution in [0.1, 0.15) is 49.7 Å². The summed E-state index contributed by atoms with van der Waals surface area (Å²) in [5.41, 5.74) is 1.37. The first-order valence-corrected chi connectivity index (χ1v) is 9.87. The summed E-state index contributed by atoms with van der Waals surface area (Å²) >= 11 is 0. The maximum Gasteiger partial charge on any atom is 0.255 e. The zero-order chi connectivity index (χ0) is 21.4. The van der Waals surface area contributed by atoms with E-state index in [1.54, 1.807) is 32.4 Å².